The van der Waals surface area contributed by atoms with Crippen LogP contribution in [0.1, 0.15) is 22.9 Å². The molecule has 1 atom stereocenters. The standard InChI is InChI=1S/C20H22N2O2/c1-22-12-11-14-13-7-4-5-9-16(13)21-18(14)19(22)15-8-6-10-17(23-2)20(15)24-3/h4-10,19,21H,11-12H2,1-3H3/t19-/m1/s1. The minimum Gasteiger partial charge on any atom is -0.493 e. The molecular weight excluding hydrogens is 300 g/mol. The van der Waals surface area contributed by atoms with E-state index in [9.17, 15) is 0 Å². The molecule has 1 N–H and O–H groups in total. The van der Waals surface area contributed by atoms with Crippen molar-refractivity contribution in [3.8, 4) is 11.5 Å². The molecule has 124 valence electrons. The summed E-state index contributed by atoms with van der Waals surface area (Å²) in [6, 6.07) is 14.8. The van der Waals surface area contributed by atoms with Crippen molar-refractivity contribution in [1.82, 2.24) is 9.88 Å². The molecule has 4 rings (SSSR count). The lowest BCUT2D eigenvalue weighted by atomic mass is 9.92. The normalized spacial score (nSPS) is 17.7. The molecule has 0 unspecified atom stereocenters. The SMILES string of the molecule is COc1cccc([C@@H]2c3[nH]c4ccccc4c3CCN2C)c1OC. The highest BCUT2D eigenvalue weighted by molar-refractivity contribution is 5.85. The number of methoxy groups -OCH3 is 2. The van der Waals surface area contributed by atoms with Gasteiger partial charge < -0.3 is 14.5 Å². The first-order valence-corrected chi connectivity index (χ1v) is 8.25. The molecule has 2 aromatic carbocycles. The summed E-state index contributed by atoms with van der Waals surface area (Å²) in [5, 5.41) is 1.33. The number of aromatic nitrogens is 1. The molecule has 1 aliphatic heterocycles. The van der Waals surface area contributed by atoms with Crippen LogP contribution < -0.4 is 9.47 Å². The van der Waals surface area contributed by atoms with Crippen LogP contribution in [0.2, 0.25) is 0 Å². The zero-order valence-electron chi connectivity index (χ0n) is 14.3. The average Bonchev–Trinajstić information content (AvgIpc) is 2.99. The quantitative estimate of drug-likeness (QED) is 0.798. The van der Waals surface area contributed by atoms with Crippen LogP contribution in [-0.2, 0) is 6.42 Å². The fourth-order valence-corrected chi connectivity index (χ4v) is 3.88. The second-order valence-corrected chi connectivity index (χ2v) is 6.28. The Hall–Kier alpha value is -2.46. The Kier molecular flexibility index (Phi) is 3.69. The predicted octanol–water partition coefficient (Wildman–Crippen LogP) is 3.76. The minimum absolute atomic E-state index is 0.131. The first-order valence-electron chi connectivity index (χ1n) is 8.25. The van der Waals surface area contributed by atoms with Gasteiger partial charge in [0.2, 0.25) is 0 Å². The molecule has 1 aromatic heterocycles. The maximum absolute atomic E-state index is 5.69. The van der Waals surface area contributed by atoms with Crippen LogP contribution in [0.4, 0.5) is 0 Å². The van der Waals surface area contributed by atoms with Gasteiger partial charge in [-0.3, -0.25) is 4.90 Å². The smallest absolute Gasteiger partial charge is 0.165 e. The van der Waals surface area contributed by atoms with Gasteiger partial charge in [0.05, 0.1) is 20.3 Å². The molecular formula is C20H22N2O2. The van der Waals surface area contributed by atoms with Gasteiger partial charge in [0.1, 0.15) is 0 Å². The lowest BCUT2D eigenvalue weighted by Gasteiger charge is -2.34. The van der Waals surface area contributed by atoms with Crippen molar-refractivity contribution in [2.75, 3.05) is 27.8 Å². The number of hydrogen-bond donors (Lipinski definition) is 1. The first-order chi connectivity index (χ1) is 11.7. The maximum Gasteiger partial charge on any atom is 0.165 e. The number of aromatic amines is 1. The van der Waals surface area contributed by atoms with E-state index in [1.54, 1.807) is 14.2 Å². The fraction of sp³-hybridized carbons (Fsp3) is 0.300. The zero-order valence-corrected chi connectivity index (χ0v) is 14.3. The number of likely N-dealkylation sites (N-methyl/N-ethyl adjacent to an activating group) is 1. The number of H-pyrrole nitrogens is 1. The van der Waals surface area contributed by atoms with Crippen molar-refractivity contribution in [2.24, 2.45) is 0 Å². The molecule has 0 spiro atoms. The van der Waals surface area contributed by atoms with Crippen LogP contribution in [0.3, 0.4) is 0 Å². The highest BCUT2D eigenvalue weighted by Gasteiger charge is 2.32. The van der Waals surface area contributed by atoms with Crippen LogP contribution in [0.15, 0.2) is 42.5 Å². The Morgan fingerprint density at radius 2 is 1.88 bits per heavy atom. The third-order valence-electron chi connectivity index (χ3n) is 5.00. The molecule has 0 fully saturated rings. The summed E-state index contributed by atoms with van der Waals surface area (Å²) >= 11 is 0. The van der Waals surface area contributed by atoms with E-state index in [4.69, 9.17) is 9.47 Å². The number of benzene rings is 2. The van der Waals surface area contributed by atoms with Crippen molar-refractivity contribution in [3.05, 3.63) is 59.3 Å². The topological polar surface area (TPSA) is 37.5 Å². The molecule has 0 aliphatic carbocycles. The van der Waals surface area contributed by atoms with Crippen molar-refractivity contribution in [3.63, 3.8) is 0 Å². The molecule has 3 aromatic rings. The van der Waals surface area contributed by atoms with E-state index in [0.29, 0.717) is 0 Å². The number of nitrogens with one attached hydrogen (secondary N) is 1. The predicted molar refractivity (Wildman–Crippen MR) is 96.0 cm³/mol. The van der Waals surface area contributed by atoms with E-state index in [0.717, 1.165) is 30.0 Å². The first kappa shape index (κ1) is 15.1. The van der Waals surface area contributed by atoms with Crippen LogP contribution in [0, 0.1) is 0 Å². The molecule has 0 amide bonds. The van der Waals surface area contributed by atoms with Crippen LogP contribution >= 0.6 is 0 Å². The van der Waals surface area contributed by atoms with Crippen LogP contribution in [0.25, 0.3) is 10.9 Å². The zero-order chi connectivity index (χ0) is 16.7. The van der Waals surface area contributed by atoms with Crippen LogP contribution in [0.5, 0.6) is 11.5 Å². The molecule has 24 heavy (non-hydrogen) atoms. The third-order valence-corrected chi connectivity index (χ3v) is 5.00. The summed E-state index contributed by atoms with van der Waals surface area (Å²) < 4.78 is 11.2. The van der Waals surface area contributed by atoms with Gasteiger partial charge in [0, 0.05) is 28.7 Å². The Morgan fingerprint density at radius 3 is 2.67 bits per heavy atom. The van der Waals surface area contributed by atoms with Crippen molar-refractivity contribution in [1.29, 1.82) is 0 Å². The molecule has 4 nitrogen and oxygen atoms in total. The second-order valence-electron chi connectivity index (χ2n) is 6.28. The Bertz CT molecular complexity index is 884. The van der Waals surface area contributed by atoms with E-state index in [2.05, 4.69) is 47.3 Å². The average molecular weight is 322 g/mol. The van der Waals surface area contributed by atoms with Gasteiger partial charge >= 0.3 is 0 Å². The molecule has 0 radical (unpaired) electrons. The maximum atomic E-state index is 5.69. The minimum atomic E-state index is 0.131. The van der Waals surface area contributed by atoms with Gasteiger partial charge in [0.25, 0.3) is 0 Å². The number of para-hydroxylation sites is 2. The largest absolute Gasteiger partial charge is 0.493 e. The van der Waals surface area contributed by atoms with Gasteiger partial charge in [-0.15, -0.1) is 0 Å². The Labute approximate surface area is 142 Å². The van der Waals surface area contributed by atoms with Gasteiger partial charge in [-0.1, -0.05) is 30.3 Å². The highest BCUT2D eigenvalue weighted by atomic mass is 16.5. The molecule has 1 aliphatic rings. The lowest BCUT2D eigenvalue weighted by molar-refractivity contribution is 0.253. The number of ether oxygens (including phenoxy) is 2. The summed E-state index contributed by atoms with van der Waals surface area (Å²) in [4.78, 5) is 6.02. The van der Waals surface area contributed by atoms with Gasteiger partial charge in [-0.05, 0) is 31.2 Å². The molecule has 0 saturated heterocycles. The molecule has 0 saturated carbocycles. The van der Waals surface area contributed by atoms with E-state index in [-0.39, 0.29) is 6.04 Å². The monoisotopic (exact) mass is 322 g/mol. The Morgan fingerprint density at radius 1 is 1.04 bits per heavy atom. The van der Waals surface area contributed by atoms with Crippen molar-refractivity contribution in [2.45, 2.75) is 12.5 Å². The number of hydrogen-bond acceptors (Lipinski definition) is 3. The van der Waals surface area contributed by atoms with Crippen LogP contribution in [-0.4, -0.2) is 37.7 Å². The van der Waals surface area contributed by atoms with Gasteiger partial charge in [-0.2, -0.15) is 0 Å². The summed E-state index contributed by atoms with van der Waals surface area (Å²) in [6.07, 6.45) is 1.05. The summed E-state index contributed by atoms with van der Waals surface area (Å²) in [7, 11) is 5.55. The van der Waals surface area contributed by atoms with E-state index in [1.165, 1.54) is 22.2 Å². The van der Waals surface area contributed by atoms with Gasteiger partial charge in [0.15, 0.2) is 11.5 Å². The third kappa shape index (κ3) is 2.18. The number of rotatable bonds is 3. The van der Waals surface area contributed by atoms with E-state index in [1.807, 2.05) is 12.1 Å². The summed E-state index contributed by atoms with van der Waals surface area (Å²) in [6.45, 7) is 1.01. The van der Waals surface area contributed by atoms with Gasteiger partial charge in [-0.25, -0.2) is 0 Å². The highest BCUT2D eigenvalue weighted by Crippen LogP contribution is 2.43. The molecule has 2 heterocycles. The lowest BCUT2D eigenvalue weighted by Crippen LogP contribution is -2.33. The number of fused-ring (bicyclic) bond motifs is 3. The fourth-order valence-electron chi connectivity index (χ4n) is 3.88. The Balaban J connectivity index is 1.94. The summed E-state index contributed by atoms with van der Waals surface area (Å²) in [5.41, 5.74) is 5.01. The van der Waals surface area contributed by atoms with E-state index < -0.39 is 0 Å². The van der Waals surface area contributed by atoms with Crippen molar-refractivity contribution >= 4 is 10.9 Å². The van der Waals surface area contributed by atoms with E-state index >= 15 is 0 Å². The summed E-state index contributed by atoms with van der Waals surface area (Å²) in [5.74, 6) is 1.58. The second kappa shape index (κ2) is 5.87. The number of nitrogens with zero attached hydrogens (tertiary/aromatic N) is 1. The van der Waals surface area contributed by atoms with Crippen molar-refractivity contribution < 1.29 is 9.47 Å². The molecule has 4 heteroatoms. The molecule has 0 bridgehead atoms.